The minimum atomic E-state index is 0.155. The van der Waals surface area contributed by atoms with E-state index in [0.717, 1.165) is 5.82 Å². The van der Waals surface area contributed by atoms with Crippen LogP contribution >= 0.6 is 11.3 Å². The molecule has 3 heteroatoms. The van der Waals surface area contributed by atoms with Crippen LogP contribution in [0.25, 0.3) is 37.2 Å². The maximum atomic E-state index is 5.04. The summed E-state index contributed by atoms with van der Waals surface area (Å²) in [6.07, 6.45) is 4.15. The van der Waals surface area contributed by atoms with E-state index in [0.29, 0.717) is 23.7 Å². The minimum absolute atomic E-state index is 0.155. The molecule has 184 valence electrons. The second kappa shape index (κ2) is 8.31. The van der Waals surface area contributed by atoms with Crippen molar-refractivity contribution in [3.8, 4) is 17.1 Å². The second-order valence-electron chi connectivity index (χ2n) is 11.6. The molecule has 1 fully saturated rings. The minimum Gasteiger partial charge on any atom is -0.299 e. The number of rotatable bonds is 5. The molecule has 5 aromatic rings. The molecule has 2 heterocycles. The Morgan fingerprint density at radius 2 is 1.50 bits per heavy atom. The Balaban J connectivity index is 1.67. The molecule has 0 aliphatic heterocycles. The van der Waals surface area contributed by atoms with E-state index in [1.165, 1.54) is 48.1 Å². The van der Waals surface area contributed by atoms with Crippen molar-refractivity contribution < 1.29 is 0 Å². The molecular weight excluding hydrogens is 456 g/mol. The van der Waals surface area contributed by atoms with Gasteiger partial charge in [-0.25, -0.2) is 4.98 Å². The normalized spacial score (nSPS) is 21.8. The molecule has 0 amide bonds. The highest BCUT2D eigenvalue weighted by Gasteiger charge is 2.57. The SMILES string of the molecule is CC(C)c1cccc(C(C)C)c1-n1ccnc1-c1cc2sc3ccccc3c2cc1C1(C)C(C)[C@@H]1C. The van der Waals surface area contributed by atoms with Gasteiger partial charge >= 0.3 is 0 Å². The number of para-hydroxylation sites is 1. The summed E-state index contributed by atoms with van der Waals surface area (Å²) in [4.78, 5) is 5.04. The lowest BCUT2D eigenvalue weighted by Crippen LogP contribution is -2.11. The van der Waals surface area contributed by atoms with E-state index in [1.807, 2.05) is 17.5 Å². The van der Waals surface area contributed by atoms with Gasteiger partial charge in [-0.15, -0.1) is 11.3 Å². The smallest absolute Gasteiger partial charge is 0.144 e. The molecule has 6 rings (SSSR count). The average Bonchev–Trinajstić information content (AvgIpc) is 3.29. The number of hydrogen-bond acceptors (Lipinski definition) is 2. The molecule has 36 heavy (non-hydrogen) atoms. The average molecular weight is 493 g/mol. The molecule has 0 saturated heterocycles. The van der Waals surface area contributed by atoms with Crippen LogP contribution in [0.1, 0.15) is 77.0 Å². The fourth-order valence-electron chi connectivity index (χ4n) is 6.35. The van der Waals surface area contributed by atoms with Crippen LogP contribution in [-0.4, -0.2) is 9.55 Å². The highest BCUT2D eigenvalue weighted by atomic mass is 32.1. The topological polar surface area (TPSA) is 17.8 Å². The van der Waals surface area contributed by atoms with Gasteiger partial charge in [0.05, 0.1) is 5.69 Å². The molecule has 1 aliphatic rings. The Kier molecular flexibility index (Phi) is 5.42. The third-order valence-electron chi connectivity index (χ3n) is 9.09. The van der Waals surface area contributed by atoms with Gasteiger partial charge in [0.15, 0.2) is 0 Å². The number of fused-ring (bicyclic) bond motifs is 3. The van der Waals surface area contributed by atoms with E-state index in [9.17, 15) is 0 Å². The van der Waals surface area contributed by atoms with Crippen LogP contribution in [0, 0.1) is 11.8 Å². The lowest BCUT2D eigenvalue weighted by atomic mass is 9.87. The zero-order chi connectivity index (χ0) is 25.4. The molecule has 2 aromatic heterocycles. The summed E-state index contributed by atoms with van der Waals surface area (Å²) in [5, 5.41) is 2.75. The fraction of sp³-hybridized carbons (Fsp3) is 0.364. The zero-order valence-corrected chi connectivity index (χ0v) is 23.3. The maximum absolute atomic E-state index is 5.04. The van der Waals surface area contributed by atoms with Crippen LogP contribution in [0.5, 0.6) is 0 Å². The molecule has 0 spiro atoms. The Morgan fingerprint density at radius 3 is 2.14 bits per heavy atom. The van der Waals surface area contributed by atoms with Gasteiger partial charge in [0.2, 0.25) is 0 Å². The van der Waals surface area contributed by atoms with Crippen molar-refractivity contribution in [1.82, 2.24) is 9.55 Å². The highest BCUT2D eigenvalue weighted by Crippen LogP contribution is 2.61. The Hall–Kier alpha value is -2.91. The van der Waals surface area contributed by atoms with E-state index in [1.54, 1.807) is 0 Å². The predicted octanol–water partition coefficient (Wildman–Crippen LogP) is 9.70. The number of aromatic nitrogens is 2. The maximum Gasteiger partial charge on any atom is 0.144 e. The van der Waals surface area contributed by atoms with Crippen LogP contribution in [0.3, 0.4) is 0 Å². The van der Waals surface area contributed by atoms with Crippen molar-refractivity contribution in [2.75, 3.05) is 0 Å². The Morgan fingerprint density at radius 1 is 0.833 bits per heavy atom. The molecule has 0 bridgehead atoms. The predicted molar refractivity (Wildman–Crippen MR) is 156 cm³/mol. The second-order valence-corrected chi connectivity index (χ2v) is 12.7. The van der Waals surface area contributed by atoms with Gasteiger partial charge in [0, 0.05) is 38.1 Å². The van der Waals surface area contributed by atoms with Crippen molar-refractivity contribution >= 4 is 31.5 Å². The number of nitrogens with zero attached hydrogens (tertiary/aromatic N) is 2. The first-order chi connectivity index (χ1) is 17.2. The summed E-state index contributed by atoms with van der Waals surface area (Å²) in [7, 11) is 0. The quantitative estimate of drug-likeness (QED) is 0.239. The monoisotopic (exact) mass is 492 g/mol. The van der Waals surface area contributed by atoms with Gasteiger partial charge in [-0.1, -0.05) is 84.9 Å². The molecule has 1 saturated carbocycles. The summed E-state index contributed by atoms with van der Waals surface area (Å²) >= 11 is 1.90. The summed E-state index contributed by atoms with van der Waals surface area (Å²) < 4.78 is 5.08. The third-order valence-corrected chi connectivity index (χ3v) is 10.2. The van der Waals surface area contributed by atoms with Gasteiger partial charge in [-0.2, -0.15) is 0 Å². The van der Waals surface area contributed by atoms with Crippen molar-refractivity contribution in [1.29, 1.82) is 0 Å². The number of benzene rings is 3. The van der Waals surface area contributed by atoms with E-state index in [-0.39, 0.29) is 5.41 Å². The lowest BCUT2D eigenvalue weighted by Gasteiger charge is -2.23. The lowest BCUT2D eigenvalue weighted by molar-refractivity contribution is 0.682. The van der Waals surface area contributed by atoms with Crippen LogP contribution < -0.4 is 0 Å². The van der Waals surface area contributed by atoms with Crippen LogP contribution in [-0.2, 0) is 5.41 Å². The summed E-state index contributed by atoms with van der Waals surface area (Å²) in [6, 6.07) is 20.6. The van der Waals surface area contributed by atoms with E-state index < -0.39 is 0 Å². The standard InChI is InChI=1S/C33H36N2S/c1-19(2)23-12-10-13-24(20(3)4)31(23)35-16-15-34-32(35)27-18-30-26(25-11-8-9-14-29(25)36-30)17-28(27)33(7)21(5)22(33)6/h8-22H,1-7H3/t21-,22?,33?/m0/s1. The number of hydrogen-bond donors (Lipinski definition) is 0. The molecule has 3 aromatic carbocycles. The third kappa shape index (κ3) is 3.32. The van der Waals surface area contributed by atoms with Crippen molar-refractivity contribution in [2.24, 2.45) is 11.8 Å². The van der Waals surface area contributed by atoms with Gasteiger partial charge in [0.25, 0.3) is 0 Å². The van der Waals surface area contributed by atoms with Gasteiger partial charge in [-0.05, 0) is 64.0 Å². The van der Waals surface area contributed by atoms with Crippen molar-refractivity contribution in [3.63, 3.8) is 0 Å². The fourth-order valence-corrected chi connectivity index (χ4v) is 7.48. The molecule has 0 radical (unpaired) electrons. The van der Waals surface area contributed by atoms with Gasteiger partial charge in [0.1, 0.15) is 5.82 Å². The van der Waals surface area contributed by atoms with Crippen molar-refractivity contribution in [3.05, 3.63) is 83.7 Å². The molecule has 2 unspecified atom stereocenters. The summed E-state index contributed by atoms with van der Waals surface area (Å²) in [5.41, 5.74) is 6.94. The van der Waals surface area contributed by atoms with Gasteiger partial charge < -0.3 is 0 Å². The Labute approximate surface area is 219 Å². The molecular formula is C33H36N2S. The first-order valence-corrected chi connectivity index (χ1v) is 14.2. The van der Waals surface area contributed by atoms with Crippen molar-refractivity contribution in [2.45, 2.75) is 65.7 Å². The molecule has 2 nitrogen and oxygen atoms in total. The first-order valence-electron chi connectivity index (χ1n) is 13.4. The highest BCUT2D eigenvalue weighted by molar-refractivity contribution is 7.25. The largest absolute Gasteiger partial charge is 0.299 e. The van der Waals surface area contributed by atoms with Crippen LogP contribution in [0.4, 0.5) is 0 Å². The number of imidazole rings is 1. The van der Waals surface area contributed by atoms with Crippen LogP contribution in [0.2, 0.25) is 0 Å². The summed E-state index contributed by atoms with van der Waals surface area (Å²) in [5.74, 6) is 3.22. The summed E-state index contributed by atoms with van der Waals surface area (Å²) in [6.45, 7) is 16.4. The van der Waals surface area contributed by atoms with E-state index in [2.05, 4.69) is 114 Å². The molecule has 0 N–H and O–H groups in total. The first kappa shape index (κ1) is 23.5. The van der Waals surface area contributed by atoms with E-state index in [4.69, 9.17) is 4.98 Å². The van der Waals surface area contributed by atoms with E-state index >= 15 is 0 Å². The van der Waals surface area contributed by atoms with Crippen LogP contribution in [0.15, 0.2) is 67.0 Å². The zero-order valence-electron chi connectivity index (χ0n) is 22.5. The van der Waals surface area contributed by atoms with Gasteiger partial charge in [-0.3, -0.25) is 4.57 Å². The molecule has 3 atom stereocenters. The number of thiophene rings is 1. The Bertz CT molecular complexity index is 1560. The molecule has 1 aliphatic carbocycles.